The van der Waals surface area contributed by atoms with Gasteiger partial charge in [0.05, 0.1) is 0 Å². The van der Waals surface area contributed by atoms with E-state index in [1.807, 2.05) is 11.0 Å². The summed E-state index contributed by atoms with van der Waals surface area (Å²) in [5, 5.41) is 3.16. The number of carbonyl (C=O) groups excluding carboxylic acids is 1. The van der Waals surface area contributed by atoms with Crippen LogP contribution in [0.2, 0.25) is 0 Å². The fraction of sp³-hybridized carbons (Fsp3) is 0.722. The molecular weight excluding hydrogens is 316 g/mol. The Bertz CT molecular complexity index is 546. The van der Waals surface area contributed by atoms with Gasteiger partial charge in [-0.05, 0) is 38.3 Å². The Morgan fingerprint density at radius 3 is 2.64 bits per heavy atom. The number of hydrogen-bond acceptors (Lipinski definition) is 5. The van der Waals surface area contributed by atoms with Crippen molar-refractivity contribution < 1.29 is 4.79 Å². The molecule has 2 fully saturated rings. The predicted molar refractivity (Wildman–Crippen MR) is 98.6 cm³/mol. The van der Waals surface area contributed by atoms with Crippen LogP contribution in [0.1, 0.15) is 26.7 Å². The van der Waals surface area contributed by atoms with Crippen LogP contribution in [0.15, 0.2) is 18.5 Å². The van der Waals surface area contributed by atoms with Crippen LogP contribution in [0.4, 0.5) is 10.7 Å². The first kappa shape index (κ1) is 17.9. The molecule has 2 saturated heterocycles. The normalized spacial score (nSPS) is 23.4. The molecule has 138 valence electrons. The minimum Gasteiger partial charge on any atom is -0.337 e. The lowest BCUT2D eigenvalue weighted by molar-refractivity contribution is 0.160. The first-order valence-corrected chi connectivity index (χ1v) is 9.41. The molecule has 1 aromatic rings. The third-order valence-electron chi connectivity index (χ3n) is 5.04. The maximum atomic E-state index is 12.5. The Morgan fingerprint density at radius 2 is 1.96 bits per heavy atom. The number of amides is 2. The number of likely N-dealkylation sites (tertiary alicyclic amines) is 1. The molecule has 0 aliphatic carbocycles. The number of nitrogens with one attached hydrogen (secondary N) is 1. The molecule has 1 aromatic heterocycles. The Balaban J connectivity index is 1.41. The molecule has 2 aliphatic rings. The monoisotopic (exact) mass is 346 g/mol. The molecular formula is C18H30N6O. The van der Waals surface area contributed by atoms with E-state index in [2.05, 4.69) is 38.9 Å². The molecule has 0 bridgehead atoms. The second-order valence-electron chi connectivity index (χ2n) is 7.38. The van der Waals surface area contributed by atoms with Crippen LogP contribution in [-0.4, -0.2) is 77.7 Å². The molecule has 25 heavy (non-hydrogen) atoms. The largest absolute Gasteiger partial charge is 0.337 e. The van der Waals surface area contributed by atoms with Crippen LogP contribution in [0, 0.1) is 5.92 Å². The average molecular weight is 346 g/mol. The summed E-state index contributed by atoms with van der Waals surface area (Å²) in [6.45, 7) is 10.6. The SMILES string of the molecule is C[C@H]1CCCN(C[C@@H](C)NC(=O)N2CCN(c3ncccn3)CC2)C1. The molecule has 3 rings (SSSR count). The number of urea groups is 1. The van der Waals surface area contributed by atoms with Crippen LogP contribution in [0.3, 0.4) is 0 Å². The zero-order valence-corrected chi connectivity index (χ0v) is 15.4. The second-order valence-corrected chi connectivity index (χ2v) is 7.38. The van der Waals surface area contributed by atoms with Crippen molar-refractivity contribution in [2.45, 2.75) is 32.7 Å². The van der Waals surface area contributed by atoms with Crippen LogP contribution < -0.4 is 10.2 Å². The Hall–Kier alpha value is -1.89. The fourth-order valence-electron chi connectivity index (χ4n) is 3.75. The summed E-state index contributed by atoms with van der Waals surface area (Å²) in [6, 6.07) is 2.04. The van der Waals surface area contributed by atoms with Gasteiger partial charge in [0, 0.05) is 57.7 Å². The molecule has 0 radical (unpaired) electrons. The Morgan fingerprint density at radius 1 is 1.24 bits per heavy atom. The fourth-order valence-corrected chi connectivity index (χ4v) is 3.75. The molecule has 2 amide bonds. The molecule has 7 nitrogen and oxygen atoms in total. The van der Waals surface area contributed by atoms with Crippen molar-refractivity contribution in [2.75, 3.05) is 50.7 Å². The van der Waals surface area contributed by atoms with Gasteiger partial charge in [-0.2, -0.15) is 0 Å². The molecule has 2 aliphatic heterocycles. The quantitative estimate of drug-likeness (QED) is 0.893. The van der Waals surface area contributed by atoms with Gasteiger partial charge in [0.1, 0.15) is 0 Å². The lowest BCUT2D eigenvalue weighted by Gasteiger charge is -2.36. The van der Waals surface area contributed by atoms with E-state index in [0.717, 1.165) is 44.6 Å². The van der Waals surface area contributed by atoms with Crippen molar-refractivity contribution in [2.24, 2.45) is 5.92 Å². The van der Waals surface area contributed by atoms with Crippen LogP contribution in [0.25, 0.3) is 0 Å². The number of hydrogen-bond donors (Lipinski definition) is 1. The Labute approximate surface area is 150 Å². The van der Waals surface area contributed by atoms with Gasteiger partial charge in [0.2, 0.25) is 5.95 Å². The molecule has 0 aromatic carbocycles. The van der Waals surface area contributed by atoms with Crippen LogP contribution in [-0.2, 0) is 0 Å². The second kappa shape index (κ2) is 8.47. The van der Waals surface area contributed by atoms with Gasteiger partial charge < -0.3 is 20.0 Å². The highest BCUT2D eigenvalue weighted by atomic mass is 16.2. The minimum absolute atomic E-state index is 0.0474. The summed E-state index contributed by atoms with van der Waals surface area (Å²) in [4.78, 5) is 27.6. The van der Waals surface area contributed by atoms with Gasteiger partial charge in [0.15, 0.2) is 0 Å². The highest BCUT2D eigenvalue weighted by molar-refractivity contribution is 5.74. The van der Waals surface area contributed by atoms with Gasteiger partial charge in [0.25, 0.3) is 0 Å². The topological polar surface area (TPSA) is 64.6 Å². The number of carbonyl (C=O) groups is 1. The lowest BCUT2D eigenvalue weighted by atomic mass is 10.00. The van der Waals surface area contributed by atoms with E-state index >= 15 is 0 Å². The number of nitrogens with zero attached hydrogens (tertiary/aromatic N) is 5. The molecule has 0 unspecified atom stereocenters. The van der Waals surface area contributed by atoms with Gasteiger partial charge in [-0.3, -0.25) is 0 Å². The van der Waals surface area contributed by atoms with E-state index in [9.17, 15) is 4.79 Å². The van der Waals surface area contributed by atoms with Crippen molar-refractivity contribution in [3.05, 3.63) is 18.5 Å². The smallest absolute Gasteiger partial charge is 0.317 e. The van der Waals surface area contributed by atoms with Crippen LogP contribution >= 0.6 is 0 Å². The molecule has 0 saturated carbocycles. The number of anilines is 1. The van der Waals surface area contributed by atoms with Crippen molar-refractivity contribution in [1.29, 1.82) is 0 Å². The van der Waals surface area contributed by atoms with Crippen molar-refractivity contribution >= 4 is 12.0 Å². The van der Waals surface area contributed by atoms with E-state index in [0.29, 0.717) is 13.1 Å². The van der Waals surface area contributed by atoms with Crippen molar-refractivity contribution in [3.8, 4) is 0 Å². The minimum atomic E-state index is 0.0474. The van der Waals surface area contributed by atoms with Gasteiger partial charge in [-0.25, -0.2) is 14.8 Å². The van der Waals surface area contributed by atoms with Crippen LogP contribution in [0.5, 0.6) is 0 Å². The number of rotatable bonds is 4. The molecule has 2 atom stereocenters. The number of aromatic nitrogens is 2. The third-order valence-corrected chi connectivity index (χ3v) is 5.04. The summed E-state index contributed by atoms with van der Waals surface area (Å²) >= 11 is 0. The summed E-state index contributed by atoms with van der Waals surface area (Å²) in [7, 11) is 0. The highest BCUT2D eigenvalue weighted by Gasteiger charge is 2.24. The molecule has 1 N–H and O–H groups in total. The highest BCUT2D eigenvalue weighted by Crippen LogP contribution is 2.15. The summed E-state index contributed by atoms with van der Waals surface area (Å²) in [6.07, 6.45) is 6.10. The third kappa shape index (κ3) is 5.04. The maximum absolute atomic E-state index is 12.5. The van der Waals surface area contributed by atoms with Gasteiger partial charge >= 0.3 is 6.03 Å². The van der Waals surface area contributed by atoms with E-state index in [-0.39, 0.29) is 12.1 Å². The number of piperazine rings is 1. The average Bonchev–Trinajstić information content (AvgIpc) is 2.62. The first-order valence-electron chi connectivity index (χ1n) is 9.41. The predicted octanol–water partition coefficient (Wildman–Crippen LogP) is 1.43. The maximum Gasteiger partial charge on any atom is 0.317 e. The molecule has 7 heteroatoms. The Kier molecular flexibility index (Phi) is 6.07. The zero-order valence-electron chi connectivity index (χ0n) is 15.4. The zero-order chi connectivity index (χ0) is 17.6. The van der Waals surface area contributed by atoms with Crippen molar-refractivity contribution in [3.63, 3.8) is 0 Å². The molecule has 0 spiro atoms. The number of piperidine rings is 1. The van der Waals surface area contributed by atoms with E-state index < -0.39 is 0 Å². The first-order chi connectivity index (χ1) is 12.1. The molecule has 3 heterocycles. The van der Waals surface area contributed by atoms with Gasteiger partial charge in [-0.15, -0.1) is 0 Å². The van der Waals surface area contributed by atoms with Crippen molar-refractivity contribution in [1.82, 2.24) is 25.1 Å². The lowest BCUT2D eigenvalue weighted by Crippen LogP contribution is -2.55. The standard InChI is InChI=1S/C18H30N6O/c1-15-5-3-8-22(13-15)14-16(2)21-18(25)24-11-9-23(10-12-24)17-19-6-4-7-20-17/h4,6-7,15-16H,3,5,8-14H2,1-2H3,(H,21,25)/t15-,16+/m0/s1. The summed E-state index contributed by atoms with van der Waals surface area (Å²) in [5.41, 5.74) is 0. The summed E-state index contributed by atoms with van der Waals surface area (Å²) < 4.78 is 0. The van der Waals surface area contributed by atoms with E-state index in [1.54, 1.807) is 12.4 Å². The van der Waals surface area contributed by atoms with E-state index in [4.69, 9.17) is 0 Å². The summed E-state index contributed by atoms with van der Waals surface area (Å²) in [5.74, 6) is 1.51. The van der Waals surface area contributed by atoms with Gasteiger partial charge in [-0.1, -0.05) is 6.92 Å². The van der Waals surface area contributed by atoms with E-state index in [1.165, 1.54) is 12.8 Å².